The van der Waals surface area contributed by atoms with Gasteiger partial charge in [-0.1, -0.05) is 91.7 Å². The molecule has 0 aliphatic heterocycles. The Kier molecular flexibility index (Phi) is 10.8. The molecule has 0 aliphatic rings. The summed E-state index contributed by atoms with van der Waals surface area (Å²) in [6.07, 6.45) is 1.33. The smallest absolute Gasteiger partial charge is 0.244 e. The zero-order valence-electron chi connectivity index (χ0n) is 23.7. The molecular formula is C31H38ClN3O4S. The van der Waals surface area contributed by atoms with E-state index in [1.54, 1.807) is 12.1 Å². The lowest BCUT2D eigenvalue weighted by atomic mass is 10.0. The van der Waals surface area contributed by atoms with Gasteiger partial charge in [-0.05, 0) is 48.6 Å². The minimum atomic E-state index is -3.86. The number of benzene rings is 3. The van der Waals surface area contributed by atoms with Crippen LogP contribution in [0.5, 0.6) is 0 Å². The molecule has 9 heteroatoms. The summed E-state index contributed by atoms with van der Waals surface area (Å²) in [7, 11) is -3.86. The van der Waals surface area contributed by atoms with Crippen LogP contribution in [0.15, 0.2) is 72.8 Å². The topological polar surface area (TPSA) is 86.8 Å². The molecule has 0 fully saturated rings. The van der Waals surface area contributed by atoms with Gasteiger partial charge in [-0.15, -0.1) is 0 Å². The first-order valence-corrected chi connectivity index (χ1v) is 15.5. The van der Waals surface area contributed by atoms with Crippen LogP contribution in [0.1, 0.15) is 36.1 Å². The Hall–Kier alpha value is -3.36. The van der Waals surface area contributed by atoms with Gasteiger partial charge in [0.15, 0.2) is 0 Å². The summed E-state index contributed by atoms with van der Waals surface area (Å²) in [5.41, 5.74) is 3.81. The summed E-state index contributed by atoms with van der Waals surface area (Å²) >= 11 is 6.30. The fraction of sp³-hybridized carbons (Fsp3) is 0.355. The average molecular weight is 584 g/mol. The molecule has 0 heterocycles. The second kappa shape index (κ2) is 13.8. The molecule has 40 heavy (non-hydrogen) atoms. The summed E-state index contributed by atoms with van der Waals surface area (Å²) in [4.78, 5) is 29.2. The van der Waals surface area contributed by atoms with Crippen LogP contribution in [0.3, 0.4) is 0 Å². The van der Waals surface area contributed by atoms with Crippen LogP contribution in [-0.4, -0.2) is 50.5 Å². The van der Waals surface area contributed by atoms with E-state index >= 15 is 0 Å². The molecular weight excluding hydrogens is 546 g/mol. The first kappa shape index (κ1) is 31.2. The number of carbonyl (C=O) groups is 2. The molecule has 3 aromatic carbocycles. The molecule has 2 amide bonds. The molecule has 214 valence electrons. The van der Waals surface area contributed by atoms with E-state index in [1.807, 2.05) is 82.3 Å². The molecule has 1 atom stereocenters. The zero-order valence-corrected chi connectivity index (χ0v) is 25.3. The zero-order chi connectivity index (χ0) is 29.4. The lowest BCUT2D eigenvalue weighted by Gasteiger charge is -2.33. The van der Waals surface area contributed by atoms with Crippen molar-refractivity contribution in [1.82, 2.24) is 10.2 Å². The highest BCUT2D eigenvalue weighted by Gasteiger charge is 2.33. The highest BCUT2D eigenvalue weighted by Crippen LogP contribution is 2.26. The second-order valence-electron chi connectivity index (χ2n) is 10.6. The molecule has 0 saturated carbocycles. The summed E-state index contributed by atoms with van der Waals surface area (Å²) < 4.78 is 26.8. The van der Waals surface area contributed by atoms with E-state index in [4.69, 9.17) is 11.6 Å². The number of anilines is 1. The van der Waals surface area contributed by atoms with E-state index in [2.05, 4.69) is 5.32 Å². The van der Waals surface area contributed by atoms with Gasteiger partial charge in [0, 0.05) is 24.5 Å². The second-order valence-corrected chi connectivity index (χ2v) is 12.9. The maximum absolute atomic E-state index is 14.1. The Bertz CT molecular complexity index is 1430. The number of sulfonamides is 1. The lowest BCUT2D eigenvalue weighted by Crippen LogP contribution is -2.53. The highest BCUT2D eigenvalue weighted by atomic mass is 35.5. The van der Waals surface area contributed by atoms with Crippen molar-refractivity contribution in [3.63, 3.8) is 0 Å². The first-order chi connectivity index (χ1) is 18.8. The molecule has 7 nitrogen and oxygen atoms in total. The largest absolute Gasteiger partial charge is 0.354 e. The van der Waals surface area contributed by atoms with Gasteiger partial charge in [0.05, 0.1) is 11.9 Å². The number of nitrogens with zero attached hydrogens (tertiary/aromatic N) is 2. The number of amides is 2. The van der Waals surface area contributed by atoms with Gasteiger partial charge >= 0.3 is 0 Å². The molecule has 3 rings (SSSR count). The molecule has 0 spiro atoms. The van der Waals surface area contributed by atoms with E-state index in [0.29, 0.717) is 11.6 Å². The van der Waals surface area contributed by atoms with Crippen molar-refractivity contribution in [3.05, 3.63) is 100 Å². The highest BCUT2D eigenvalue weighted by molar-refractivity contribution is 7.92. The normalized spacial score (nSPS) is 12.2. The van der Waals surface area contributed by atoms with Crippen LogP contribution in [0.2, 0.25) is 5.02 Å². The van der Waals surface area contributed by atoms with Crippen molar-refractivity contribution in [2.75, 3.05) is 23.7 Å². The van der Waals surface area contributed by atoms with E-state index in [-0.39, 0.29) is 30.5 Å². The Morgan fingerprint density at radius 2 is 1.60 bits per heavy atom. The van der Waals surface area contributed by atoms with Crippen molar-refractivity contribution in [2.45, 2.75) is 46.7 Å². The Morgan fingerprint density at radius 3 is 2.20 bits per heavy atom. The van der Waals surface area contributed by atoms with Crippen molar-refractivity contribution in [2.24, 2.45) is 5.92 Å². The third-order valence-corrected chi connectivity index (χ3v) is 8.06. The van der Waals surface area contributed by atoms with E-state index in [1.165, 1.54) is 11.0 Å². The summed E-state index contributed by atoms with van der Waals surface area (Å²) in [6.45, 7) is 7.88. The summed E-state index contributed by atoms with van der Waals surface area (Å²) in [5, 5.41) is 3.38. The van der Waals surface area contributed by atoms with Crippen molar-refractivity contribution < 1.29 is 18.0 Å². The van der Waals surface area contributed by atoms with Gasteiger partial charge in [0.25, 0.3) is 0 Å². The van der Waals surface area contributed by atoms with E-state index in [9.17, 15) is 18.0 Å². The SMILES string of the molecule is Cc1cccc(CN(C(=O)CN(c2ccc(C)c(Cl)c2)S(C)(=O)=O)[C@H](Cc2ccccc2)C(=O)NCC(C)C)c1. The quantitative estimate of drug-likeness (QED) is 0.320. The van der Waals surface area contributed by atoms with Gasteiger partial charge in [0.2, 0.25) is 21.8 Å². The number of rotatable bonds is 12. The maximum atomic E-state index is 14.1. The molecule has 0 unspecified atom stereocenters. The number of hydrogen-bond acceptors (Lipinski definition) is 4. The van der Waals surface area contributed by atoms with Crippen molar-refractivity contribution >= 4 is 39.1 Å². The number of nitrogens with one attached hydrogen (secondary N) is 1. The van der Waals surface area contributed by atoms with Crippen molar-refractivity contribution in [1.29, 1.82) is 0 Å². The van der Waals surface area contributed by atoms with Gasteiger partial charge in [-0.2, -0.15) is 0 Å². The predicted octanol–water partition coefficient (Wildman–Crippen LogP) is 5.14. The molecule has 0 saturated heterocycles. The van der Waals surface area contributed by atoms with Crippen molar-refractivity contribution in [3.8, 4) is 0 Å². The average Bonchev–Trinajstić information content (AvgIpc) is 2.89. The minimum Gasteiger partial charge on any atom is -0.354 e. The molecule has 0 bridgehead atoms. The summed E-state index contributed by atoms with van der Waals surface area (Å²) in [6, 6.07) is 21.2. The van der Waals surface area contributed by atoms with Gasteiger partial charge in [0.1, 0.15) is 12.6 Å². The first-order valence-electron chi connectivity index (χ1n) is 13.3. The van der Waals surface area contributed by atoms with Crippen LogP contribution >= 0.6 is 11.6 Å². The number of hydrogen-bond donors (Lipinski definition) is 1. The molecule has 0 aromatic heterocycles. The minimum absolute atomic E-state index is 0.138. The molecule has 3 aromatic rings. The van der Waals surface area contributed by atoms with Crippen LogP contribution in [0.25, 0.3) is 0 Å². The van der Waals surface area contributed by atoms with Gasteiger partial charge in [-0.25, -0.2) is 8.42 Å². The summed E-state index contributed by atoms with van der Waals surface area (Å²) in [5.74, 6) is -0.568. The fourth-order valence-electron chi connectivity index (χ4n) is 4.33. The number of aryl methyl sites for hydroxylation is 2. The third-order valence-electron chi connectivity index (χ3n) is 6.51. The van der Waals surface area contributed by atoms with Gasteiger partial charge in [-0.3, -0.25) is 13.9 Å². The van der Waals surface area contributed by atoms with Crippen LogP contribution in [-0.2, 0) is 32.6 Å². The van der Waals surface area contributed by atoms with E-state index in [0.717, 1.165) is 32.8 Å². The monoisotopic (exact) mass is 583 g/mol. The fourth-order valence-corrected chi connectivity index (χ4v) is 5.35. The van der Waals surface area contributed by atoms with Crippen LogP contribution in [0, 0.1) is 19.8 Å². The molecule has 0 aliphatic carbocycles. The Morgan fingerprint density at radius 1 is 0.925 bits per heavy atom. The Balaban J connectivity index is 2.06. The number of halogens is 1. The van der Waals surface area contributed by atoms with Gasteiger partial charge < -0.3 is 10.2 Å². The third kappa shape index (κ3) is 8.83. The molecule has 1 N–H and O–H groups in total. The molecule has 0 radical (unpaired) electrons. The van der Waals surface area contributed by atoms with Crippen LogP contribution in [0.4, 0.5) is 5.69 Å². The standard InChI is InChI=1S/C31H38ClN3O4S/c1-22(2)19-33-31(37)29(17-25-11-7-6-8-12-25)34(20-26-13-9-10-23(3)16-26)30(36)21-35(40(5,38)39)27-15-14-24(4)28(32)18-27/h6-16,18,22,29H,17,19-21H2,1-5H3,(H,33,37)/t29-/m1/s1. The predicted molar refractivity (Wildman–Crippen MR) is 162 cm³/mol. The van der Waals surface area contributed by atoms with E-state index < -0.39 is 28.5 Å². The number of carbonyl (C=O) groups excluding carboxylic acids is 2. The Labute approximate surface area is 243 Å². The lowest BCUT2D eigenvalue weighted by molar-refractivity contribution is -0.140. The van der Waals surface area contributed by atoms with Crippen LogP contribution < -0.4 is 9.62 Å². The maximum Gasteiger partial charge on any atom is 0.244 e.